The molecule has 2 N–H and O–H groups in total. The summed E-state index contributed by atoms with van der Waals surface area (Å²) in [6, 6.07) is 17.7. The number of benzene rings is 2. The molecule has 0 bridgehead atoms. The van der Waals surface area contributed by atoms with Crippen molar-refractivity contribution < 1.29 is 48.1 Å². The molecule has 4 aliphatic rings. The number of allylic oxidation sites excluding steroid dienone is 1. The molecular formula is C34H43N3O10. The van der Waals surface area contributed by atoms with Crippen LogP contribution in [0.3, 0.4) is 0 Å². The third kappa shape index (κ3) is 8.05. The van der Waals surface area contributed by atoms with Crippen molar-refractivity contribution in [1.29, 1.82) is 0 Å². The Bertz CT molecular complexity index is 1320. The lowest BCUT2D eigenvalue weighted by Crippen LogP contribution is -2.66. The molecule has 47 heavy (non-hydrogen) atoms. The number of unbranched alkanes of at least 4 members (excludes halogenated alkanes) is 4. The van der Waals surface area contributed by atoms with Gasteiger partial charge in [-0.3, -0.25) is 0 Å². The molecule has 0 aromatic heterocycles. The molecule has 4 aliphatic heterocycles. The highest BCUT2D eigenvalue weighted by atomic mass is 16.8. The molecule has 0 radical (unpaired) electrons. The summed E-state index contributed by atoms with van der Waals surface area (Å²) in [5.74, 6) is 0. The molecule has 2 aromatic rings. The van der Waals surface area contributed by atoms with Crippen LogP contribution in [-0.4, -0.2) is 91.4 Å². The van der Waals surface area contributed by atoms with E-state index in [0.29, 0.717) is 6.61 Å². The van der Waals surface area contributed by atoms with Crippen molar-refractivity contribution >= 4 is 0 Å². The van der Waals surface area contributed by atoms with Gasteiger partial charge in [-0.25, -0.2) is 0 Å². The van der Waals surface area contributed by atoms with Crippen molar-refractivity contribution in [1.82, 2.24) is 0 Å². The number of fused-ring (bicyclic) bond motifs is 2. The normalized spacial score (nSPS) is 36.8. The van der Waals surface area contributed by atoms with Crippen molar-refractivity contribution in [2.24, 2.45) is 5.11 Å². The van der Waals surface area contributed by atoms with Gasteiger partial charge < -0.3 is 48.1 Å². The van der Waals surface area contributed by atoms with Crippen LogP contribution in [0.1, 0.15) is 55.8 Å². The van der Waals surface area contributed by atoms with Crippen LogP contribution in [0.15, 0.2) is 78.4 Å². The largest absolute Gasteiger partial charge is 0.387 e. The first kappa shape index (κ1) is 34.0. The fourth-order valence-electron chi connectivity index (χ4n) is 6.38. The summed E-state index contributed by atoms with van der Waals surface area (Å²) in [5, 5.41) is 26.5. The van der Waals surface area contributed by atoms with Crippen LogP contribution in [0, 0.1) is 0 Å². The highest BCUT2D eigenvalue weighted by Crippen LogP contribution is 2.40. The van der Waals surface area contributed by atoms with Crippen LogP contribution >= 0.6 is 0 Å². The summed E-state index contributed by atoms with van der Waals surface area (Å²) >= 11 is 0. The SMILES string of the molecule is C=CCCCCCCO[C@@H]1OC2COC(c3ccccc3)O[C@H]2[C@H](O[C@@H]2OC3COC(c4ccccc4)O[C@@H]3[C@H](O)C2O)C1N=[N+]=[N-]. The van der Waals surface area contributed by atoms with E-state index in [4.69, 9.17) is 37.9 Å². The number of azide groups is 1. The minimum atomic E-state index is -1.50. The Morgan fingerprint density at radius 3 is 2.02 bits per heavy atom. The fraction of sp³-hybridized carbons (Fsp3) is 0.588. The highest BCUT2D eigenvalue weighted by Gasteiger charge is 2.55. The van der Waals surface area contributed by atoms with Gasteiger partial charge in [0.25, 0.3) is 0 Å². The van der Waals surface area contributed by atoms with Crippen LogP contribution in [-0.2, 0) is 37.9 Å². The molecule has 254 valence electrons. The van der Waals surface area contributed by atoms with Gasteiger partial charge in [-0.05, 0) is 24.8 Å². The maximum Gasteiger partial charge on any atom is 0.187 e. The molecule has 0 amide bonds. The number of aliphatic hydroxyl groups excluding tert-OH is 2. The molecule has 4 fully saturated rings. The van der Waals surface area contributed by atoms with Crippen LogP contribution in [0.4, 0.5) is 0 Å². The van der Waals surface area contributed by atoms with Crippen molar-refractivity contribution in [3.05, 3.63) is 94.9 Å². The van der Waals surface area contributed by atoms with E-state index in [-0.39, 0.29) is 13.2 Å². The second kappa shape index (κ2) is 16.5. The average Bonchev–Trinajstić information content (AvgIpc) is 3.11. The lowest BCUT2D eigenvalue weighted by atomic mass is 9.94. The first-order chi connectivity index (χ1) is 23.1. The number of rotatable bonds is 13. The predicted octanol–water partition coefficient (Wildman–Crippen LogP) is 4.60. The van der Waals surface area contributed by atoms with E-state index in [0.717, 1.165) is 43.2 Å². The third-order valence-corrected chi connectivity index (χ3v) is 8.84. The van der Waals surface area contributed by atoms with Gasteiger partial charge in [-0.2, -0.15) is 0 Å². The van der Waals surface area contributed by atoms with Gasteiger partial charge in [-0.15, -0.1) is 6.58 Å². The Balaban J connectivity index is 1.19. The van der Waals surface area contributed by atoms with Crippen molar-refractivity contribution in [3.8, 4) is 0 Å². The molecular weight excluding hydrogens is 610 g/mol. The molecule has 0 saturated carbocycles. The van der Waals surface area contributed by atoms with Gasteiger partial charge in [0.15, 0.2) is 25.2 Å². The minimum absolute atomic E-state index is 0.0897. The van der Waals surface area contributed by atoms with Crippen LogP contribution in [0.2, 0.25) is 0 Å². The van der Waals surface area contributed by atoms with E-state index in [2.05, 4.69) is 16.6 Å². The molecule has 0 spiro atoms. The van der Waals surface area contributed by atoms with E-state index in [1.54, 1.807) is 0 Å². The second-order valence-electron chi connectivity index (χ2n) is 12.1. The van der Waals surface area contributed by atoms with E-state index in [1.807, 2.05) is 66.7 Å². The smallest absolute Gasteiger partial charge is 0.187 e. The topological polar surface area (TPSA) is 163 Å². The Morgan fingerprint density at radius 2 is 1.38 bits per heavy atom. The van der Waals surface area contributed by atoms with E-state index >= 15 is 0 Å². The predicted molar refractivity (Wildman–Crippen MR) is 166 cm³/mol. The molecule has 4 heterocycles. The molecule has 4 saturated heterocycles. The van der Waals surface area contributed by atoms with Gasteiger partial charge in [-0.1, -0.05) is 84.7 Å². The van der Waals surface area contributed by atoms with Gasteiger partial charge in [0, 0.05) is 22.6 Å². The summed E-state index contributed by atoms with van der Waals surface area (Å²) in [4.78, 5) is 3.08. The number of ether oxygens (including phenoxy) is 8. The van der Waals surface area contributed by atoms with Gasteiger partial charge in [0.1, 0.15) is 48.8 Å². The molecule has 6 unspecified atom stereocenters. The summed E-state index contributed by atoms with van der Waals surface area (Å²) in [6.07, 6.45) is -3.97. The molecule has 13 nitrogen and oxygen atoms in total. The van der Waals surface area contributed by atoms with E-state index in [9.17, 15) is 15.7 Å². The van der Waals surface area contributed by atoms with Crippen molar-refractivity contribution in [3.63, 3.8) is 0 Å². The number of aliphatic hydroxyl groups is 2. The first-order valence-electron chi connectivity index (χ1n) is 16.3. The molecule has 2 aromatic carbocycles. The van der Waals surface area contributed by atoms with Crippen molar-refractivity contribution in [2.75, 3.05) is 19.8 Å². The summed E-state index contributed by atoms with van der Waals surface area (Å²) < 4.78 is 49.4. The van der Waals surface area contributed by atoms with E-state index < -0.39 is 73.9 Å². The van der Waals surface area contributed by atoms with Gasteiger partial charge >= 0.3 is 0 Å². The zero-order valence-corrected chi connectivity index (χ0v) is 26.1. The van der Waals surface area contributed by atoms with Crippen LogP contribution in [0.5, 0.6) is 0 Å². The maximum atomic E-state index is 11.3. The lowest BCUT2D eigenvalue weighted by molar-refractivity contribution is -0.393. The summed E-state index contributed by atoms with van der Waals surface area (Å²) in [6.45, 7) is 4.38. The maximum absolute atomic E-state index is 11.3. The Hall–Kier alpha value is -2.91. The van der Waals surface area contributed by atoms with Gasteiger partial charge in [0.2, 0.25) is 0 Å². The Morgan fingerprint density at radius 1 is 0.787 bits per heavy atom. The number of hydrogen-bond donors (Lipinski definition) is 2. The minimum Gasteiger partial charge on any atom is -0.387 e. The lowest BCUT2D eigenvalue weighted by Gasteiger charge is -2.51. The number of hydrogen-bond acceptors (Lipinski definition) is 11. The first-order valence-corrected chi connectivity index (χ1v) is 16.3. The average molecular weight is 654 g/mol. The van der Waals surface area contributed by atoms with Crippen molar-refractivity contribution in [2.45, 2.75) is 106 Å². The molecule has 13 heteroatoms. The Labute approximate surface area is 273 Å². The Kier molecular flexibility index (Phi) is 11.9. The quantitative estimate of drug-likeness (QED) is 0.103. The third-order valence-electron chi connectivity index (χ3n) is 8.84. The zero-order valence-electron chi connectivity index (χ0n) is 26.1. The van der Waals surface area contributed by atoms with E-state index in [1.165, 1.54) is 0 Å². The van der Waals surface area contributed by atoms with Gasteiger partial charge in [0.05, 0.1) is 13.2 Å². The van der Waals surface area contributed by atoms with Crippen LogP contribution in [0.25, 0.3) is 10.4 Å². The molecule has 6 rings (SSSR count). The standard InChI is InChI=1S/C34H43N3O10/c1-2-3-4-5-6-13-18-40-33-25(36-37-35)30(29-24(43-33)20-42-32(46-29)22-16-11-8-12-17-22)47-34-27(39)26(38)28-23(44-34)19-41-31(45-28)21-14-9-7-10-15-21/h2,7-12,14-17,23-34,38-39H,1,3-6,13,18-20H2/t23?,24?,25?,26-,27?,28+,29-,30-,31?,32?,33-,34+/m1/s1. The monoisotopic (exact) mass is 653 g/mol. The molecule has 12 atom stereocenters. The fourth-order valence-corrected chi connectivity index (χ4v) is 6.38. The zero-order chi connectivity index (χ0) is 32.6. The summed E-state index contributed by atoms with van der Waals surface area (Å²) in [5.41, 5.74) is 11.2. The highest BCUT2D eigenvalue weighted by molar-refractivity contribution is 5.18. The molecule has 0 aliphatic carbocycles. The second-order valence-corrected chi connectivity index (χ2v) is 12.1. The van der Waals surface area contributed by atoms with Crippen LogP contribution < -0.4 is 0 Å². The number of nitrogens with zero attached hydrogens (tertiary/aromatic N) is 3. The summed E-state index contributed by atoms with van der Waals surface area (Å²) in [7, 11) is 0.